The molecule has 0 saturated carbocycles. The van der Waals surface area contributed by atoms with E-state index in [4.69, 9.17) is 9.68 Å². The molecular weight excluding hydrogens is 336 g/mol. The van der Waals surface area contributed by atoms with Crippen LogP contribution in [0.3, 0.4) is 0 Å². The number of anilines is 1. The minimum atomic E-state index is -0.463. The lowest BCUT2D eigenvalue weighted by Gasteiger charge is -2.03. The average Bonchev–Trinajstić information content (AvgIpc) is 3.08. The highest BCUT2D eigenvalue weighted by Gasteiger charge is 2.16. The van der Waals surface area contributed by atoms with Gasteiger partial charge in [-0.25, -0.2) is 4.79 Å². The molecule has 5 nitrogen and oxygen atoms in total. The molecule has 0 atom stereocenters. The lowest BCUT2D eigenvalue weighted by Crippen LogP contribution is -2.10. The van der Waals surface area contributed by atoms with E-state index >= 15 is 0 Å². The molecule has 0 fully saturated rings. The van der Waals surface area contributed by atoms with Crippen LogP contribution in [-0.2, 0) is 0 Å². The summed E-state index contributed by atoms with van der Waals surface area (Å²) in [5.41, 5.74) is 1.02. The smallest absolute Gasteiger partial charge is 0.345 e. The Bertz CT molecular complexity index is 1230. The van der Waals surface area contributed by atoms with Crippen LogP contribution in [0.2, 0.25) is 0 Å². The predicted molar refractivity (Wildman–Crippen MR) is 97.0 cm³/mol. The normalized spacial score (nSPS) is 10.7. The number of benzene rings is 2. The molecule has 2 aromatic carbocycles. The first kappa shape index (κ1) is 15.1. The number of amides is 1. The summed E-state index contributed by atoms with van der Waals surface area (Å²) >= 11 is 1.24. The molecule has 120 valence electrons. The van der Waals surface area contributed by atoms with Crippen molar-refractivity contribution in [3.63, 3.8) is 0 Å². The van der Waals surface area contributed by atoms with Gasteiger partial charge >= 0.3 is 5.63 Å². The lowest BCUT2D eigenvalue weighted by molar-refractivity contribution is 0.103. The molecule has 4 rings (SSSR count). The third-order valence-electron chi connectivity index (χ3n) is 3.76. The molecule has 0 radical (unpaired) electrons. The Labute approximate surface area is 145 Å². The third kappa shape index (κ3) is 2.67. The molecule has 2 aromatic heterocycles. The lowest BCUT2D eigenvalue weighted by atomic mass is 10.2. The SMILES string of the molecule is N#Cc1cccc(NC(=O)c2cc3c(=O)oc4ccccc4c3s2)c1. The fraction of sp³-hybridized carbons (Fsp3) is 0. The quantitative estimate of drug-likeness (QED) is 0.553. The maximum absolute atomic E-state index is 12.5. The molecule has 0 aliphatic heterocycles. The van der Waals surface area contributed by atoms with E-state index in [1.54, 1.807) is 42.5 Å². The Morgan fingerprint density at radius 3 is 2.76 bits per heavy atom. The largest absolute Gasteiger partial charge is 0.422 e. The molecule has 25 heavy (non-hydrogen) atoms. The first-order valence-corrected chi connectivity index (χ1v) is 8.24. The summed E-state index contributed by atoms with van der Waals surface area (Å²) in [7, 11) is 0. The van der Waals surface area contributed by atoms with Crippen LogP contribution in [-0.4, -0.2) is 5.91 Å². The zero-order valence-electron chi connectivity index (χ0n) is 12.8. The molecule has 0 bridgehead atoms. The number of nitrogens with zero attached hydrogens (tertiary/aromatic N) is 1. The molecule has 1 N–H and O–H groups in total. The summed E-state index contributed by atoms with van der Waals surface area (Å²) in [4.78, 5) is 25.1. The van der Waals surface area contributed by atoms with Crippen molar-refractivity contribution in [2.75, 3.05) is 5.32 Å². The van der Waals surface area contributed by atoms with Crippen molar-refractivity contribution in [3.8, 4) is 6.07 Å². The second kappa shape index (κ2) is 5.89. The number of nitrogens with one attached hydrogen (secondary N) is 1. The molecule has 0 saturated heterocycles. The Balaban J connectivity index is 1.78. The number of rotatable bonds is 2. The highest BCUT2D eigenvalue weighted by molar-refractivity contribution is 7.21. The summed E-state index contributed by atoms with van der Waals surface area (Å²) in [6.07, 6.45) is 0. The summed E-state index contributed by atoms with van der Waals surface area (Å²) in [5.74, 6) is -0.334. The summed E-state index contributed by atoms with van der Waals surface area (Å²) in [6.45, 7) is 0. The minimum absolute atomic E-state index is 0.334. The van der Waals surface area contributed by atoms with Gasteiger partial charge in [-0.05, 0) is 36.4 Å². The summed E-state index contributed by atoms with van der Waals surface area (Å²) in [6, 6.07) is 17.5. The van der Waals surface area contributed by atoms with Gasteiger partial charge in [-0.3, -0.25) is 4.79 Å². The molecule has 2 heterocycles. The van der Waals surface area contributed by atoms with Crippen molar-refractivity contribution >= 4 is 44.0 Å². The molecule has 0 aliphatic carbocycles. The maximum atomic E-state index is 12.5. The first-order valence-electron chi connectivity index (χ1n) is 7.42. The number of para-hydroxylation sites is 1. The highest BCUT2D eigenvalue weighted by Crippen LogP contribution is 2.30. The number of hydrogen-bond donors (Lipinski definition) is 1. The van der Waals surface area contributed by atoms with Crippen LogP contribution in [0.5, 0.6) is 0 Å². The number of carbonyl (C=O) groups is 1. The molecular formula is C19H10N2O3S. The van der Waals surface area contributed by atoms with Crippen molar-refractivity contribution in [1.29, 1.82) is 5.26 Å². The van der Waals surface area contributed by atoms with Gasteiger partial charge in [0, 0.05) is 11.1 Å². The Kier molecular flexibility index (Phi) is 3.56. The van der Waals surface area contributed by atoms with Crippen molar-refractivity contribution in [2.24, 2.45) is 0 Å². The standard InChI is InChI=1S/C19H10N2O3S/c20-10-11-4-3-5-12(8-11)21-18(22)16-9-14-17(25-16)13-6-1-2-7-15(13)24-19(14)23/h1-9H,(H,21,22). The Morgan fingerprint density at radius 2 is 1.92 bits per heavy atom. The van der Waals surface area contributed by atoms with Crippen LogP contribution in [0.25, 0.3) is 21.1 Å². The zero-order valence-corrected chi connectivity index (χ0v) is 13.6. The van der Waals surface area contributed by atoms with Crippen LogP contribution in [0, 0.1) is 11.3 Å². The van der Waals surface area contributed by atoms with Crippen LogP contribution >= 0.6 is 11.3 Å². The predicted octanol–water partition coefficient (Wildman–Crippen LogP) is 4.13. The number of hydrogen-bond acceptors (Lipinski definition) is 5. The number of fused-ring (bicyclic) bond motifs is 3. The molecule has 0 aliphatic rings. The summed E-state index contributed by atoms with van der Waals surface area (Å²) < 4.78 is 6.02. The third-order valence-corrected chi connectivity index (χ3v) is 4.93. The molecule has 0 spiro atoms. The van der Waals surface area contributed by atoms with E-state index in [0.717, 1.165) is 10.1 Å². The van der Waals surface area contributed by atoms with E-state index in [1.807, 2.05) is 18.2 Å². The monoisotopic (exact) mass is 346 g/mol. The Morgan fingerprint density at radius 1 is 1.08 bits per heavy atom. The van der Waals surface area contributed by atoms with Gasteiger partial charge in [-0.1, -0.05) is 18.2 Å². The number of nitriles is 1. The van der Waals surface area contributed by atoms with Crippen molar-refractivity contribution in [3.05, 3.63) is 75.5 Å². The van der Waals surface area contributed by atoms with E-state index < -0.39 is 5.63 Å². The first-order chi connectivity index (χ1) is 12.2. The molecule has 0 unspecified atom stereocenters. The van der Waals surface area contributed by atoms with E-state index in [1.165, 1.54) is 11.3 Å². The van der Waals surface area contributed by atoms with Crippen LogP contribution in [0.1, 0.15) is 15.2 Å². The van der Waals surface area contributed by atoms with Gasteiger partial charge in [0.2, 0.25) is 0 Å². The molecule has 1 amide bonds. The van der Waals surface area contributed by atoms with Crippen molar-refractivity contribution in [2.45, 2.75) is 0 Å². The van der Waals surface area contributed by atoms with Crippen molar-refractivity contribution in [1.82, 2.24) is 0 Å². The van der Waals surface area contributed by atoms with E-state index in [9.17, 15) is 9.59 Å². The highest BCUT2D eigenvalue weighted by atomic mass is 32.1. The van der Waals surface area contributed by atoms with Crippen LogP contribution < -0.4 is 10.9 Å². The van der Waals surface area contributed by atoms with Gasteiger partial charge in [-0.15, -0.1) is 11.3 Å². The van der Waals surface area contributed by atoms with Gasteiger partial charge in [0.1, 0.15) is 5.58 Å². The number of carbonyl (C=O) groups excluding carboxylic acids is 1. The van der Waals surface area contributed by atoms with E-state index in [0.29, 0.717) is 27.1 Å². The van der Waals surface area contributed by atoms with Gasteiger partial charge in [-0.2, -0.15) is 5.26 Å². The molecule has 4 aromatic rings. The molecule has 6 heteroatoms. The maximum Gasteiger partial charge on any atom is 0.345 e. The van der Waals surface area contributed by atoms with E-state index in [2.05, 4.69) is 5.32 Å². The van der Waals surface area contributed by atoms with Gasteiger partial charge in [0.15, 0.2) is 0 Å². The number of thiophene rings is 1. The topological polar surface area (TPSA) is 83.1 Å². The second-order valence-corrected chi connectivity index (χ2v) is 6.44. The zero-order chi connectivity index (χ0) is 17.4. The second-order valence-electron chi connectivity index (χ2n) is 5.39. The van der Waals surface area contributed by atoms with Crippen LogP contribution in [0.4, 0.5) is 5.69 Å². The minimum Gasteiger partial charge on any atom is -0.422 e. The fourth-order valence-electron chi connectivity index (χ4n) is 2.61. The fourth-order valence-corrected chi connectivity index (χ4v) is 3.68. The Hall–Kier alpha value is -3.43. The van der Waals surface area contributed by atoms with Crippen LogP contribution in [0.15, 0.2) is 63.8 Å². The van der Waals surface area contributed by atoms with E-state index in [-0.39, 0.29) is 5.91 Å². The van der Waals surface area contributed by atoms with Crippen molar-refractivity contribution < 1.29 is 9.21 Å². The average molecular weight is 346 g/mol. The van der Waals surface area contributed by atoms with Gasteiger partial charge in [0.05, 0.1) is 26.6 Å². The van der Waals surface area contributed by atoms with Gasteiger partial charge in [0.25, 0.3) is 5.91 Å². The summed E-state index contributed by atoms with van der Waals surface area (Å²) in [5, 5.41) is 12.9. The van der Waals surface area contributed by atoms with Gasteiger partial charge < -0.3 is 9.73 Å².